The zero-order valence-electron chi connectivity index (χ0n) is 26.6. The first-order valence-corrected chi connectivity index (χ1v) is 16.5. The van der Waals surface area contributed by atoms with Crippen molar-refractivity contribution in [3.05, 3.63) is 24.0 Å². The number of carbonyl (C=O) groups is 1. The van der Waals surface area contributed by atoms with Crippen molar-refractivity contribution in [2.75, 3.05) is 20.3 Å². The van der Waals surface area contributed by atoms with Crippen LogP contribution in [0.1, 0.15) is 112 Å². The van der Waals surface area contributed by atoms with Gasteiger partial charge in [0.15, 0.2) is 12.0 Å². The van der Waals surface area contributed by atoms with Crippen LogP contribution in [0.3, 0.4) is 0 Å². The molecule has 10 atom stereocenters. The van der Waals surface area contributed by atoms with Crippen LogP contribution < -0.4 is 0 Å². The summed E-state index contributed by atoms with van der Waals surface area (Å²) in [6.45, 7) is 20.7. The third-order valence-corrected chi connectivity index (χ3v) is 14.5. The summed E-state index contributed by atoms with van der Waals surface area (Å²) < 4.78 is 18.4. The lowest BCUT2D eigenvalue weighted by Gasteiger charge is -2.71. The quantitative estimate of drug-likeness (QED) is 0.321. The Morgan fingerprint density at radius 2 is 1.73 bits per heavy atom. The molecule has 1 aliphatic heterocycles. The number of allylic oxidation sites excluding steroid dienone is 3. The normalized spacial score (nSPS) is 49.7. The summed E-state index contributed by atoms with van der Waals surface area (Å²) in [5.74, 6) is 3.65. The van der Waals surface area contributed by atoms with E-state index in [2.05, 4.69) is 54.2 Å². The number of ketones is 1. The van der Waals surface area contributed by atoms with Gasteiger partial charge in [0.25, 0.3) is 0 Å². The highest BCUT2D eigenvalue weighted by atomic mass is 16.7. The molecule has 4 saturated carbocycles. The Hall–Kier alpha value is -1.13. The zero-order chi connectivity index (χ0) is 28.7. The largest absolute Gasteiger partial charge is 0.493 e. The van der Waals surface area contributed by atoms with Crippen LogP contribution in [0.2, 0.25) is 0 Å². The molecule has 4 heteroatoms. The Morgan fingerprint density at radius 1 is 0.950 bits per heavy atom. The maximum absolute atomic E-state index is 13.4. The monoisotopic (exact) mass is 552 g/mol. The SMILES string of the molecule is C=C(C)[C@@H]1CC[C@]2(COC3CCCCO3)CC[C@]3(C)[C@H](CC[C@@H]4[C@@]5(C)C=C(OC)C(=O)C(C)(C)[C@@H]5CC[C@]43C)[C@@H]12. The number of hydrogen-bond acceptors (Lipinski definition) is 4. The van der Waals surface area contributed by atoms with E-state index in [1.165, 1.54) is 56.9 Å². The van der Waals surface area contributed by atoms with Crippen molar-refractivity contribution < 1.29 is 19.0 Å². The topological polar surface area (TPSA) is 44.8 Å². The second kappa shape index (κ2) is 9.69. The fourth-order valence-corrected chi connectivity index (χ4v) is 12.2. The van der Waals surface area contributed by atoms with Gasteiger partial charge in [0.2, 0.25) is 5.78 Å². The van der Waals surface area contributed by atoms with Gasteiger partial charge in [-0.2, -0.15) is 0 Å². The number of Topliss-reactive ketones (excluding diaryl/α,β-unsaturated/α-hetero) is 1. The molecule has 0 bridgehead atoms. The molecule has 224 valence electrons. The molecule has 1 unspecified atom stereocenters. The molecule has 0 spiro atoms. The molecule has 1 heterocycles. The number of fused-ring (bicyclic) bond motifs is 7. The maximum atomic E-state index is 13.4. The molecule has 4 nitrogen and oxygen atoms in total. The summed E-state index contributed by atoms with van der Waals surface area (Å²) >= 11 is 0. The van der Waals surface area contributed by atoms with Crippen LogP contribution >= 0.6 is 0 Å². The van der Waals surface area contributed by atoms with E-state index >= 15 is 0 Å². The predicted octanol–water partition coefficient (Wildman–Crippen LogP) is 8.51. The summed E-state index contributed by atoms with van der Waals surface area (Å²) in [7, 11) is 1.68. The average Bonchev–Trinajstić information content (AvgIpc) is 3.31. The van der Waals surface area contributed by atoms with Crippen LogP contribution in [0.15, 0.2) is 24.0 Å². The minimum Gasteiger partial charge on any atom is -0.493 e. The third kappa shape index (κ3) is 3.86. The number of methoxy groups -OCH3 is 1. The smallest absolute Gasteiger partial charge is 0.202 e. The van der Waals surface area contributed by atoms with E-state index in [-0.39, 0.29) is 39.1 Å². The van der Waals surface area contributed by atoms with Crippen molar-refractivity contribution in [1.29, 1.82) is 0 Å². The van der Waals surface area contributed by atoms with E-state index < -0.39 is 0 Å². The van der Waals surface area contributed by atoms with Crippen molar-refractivity contribution in [3.8, 4) is 0 Å². The van der Waals surface area contributed by atoms with Gasteiger partial charge in [0.1, 0.15) is 0 Å². The fraction of sp³-hybridized carbons (Fsp3) is 0.861. The van der Waals surface area contributed by atoms with Crippen LogP contribution in [-0.4, -0.2) is 32.4 Å². The van der Waals surface area contributed by atoms with Gasteiger partial charge in [-0.25, -0.2) is 0 Å². The van der Waals surface area contributed by atoms with Crippen LogP contribution in [-0.2, 0) is 19.0 Å². The molecule has 0 aromatic heterocycles. The average molecular weight is 553 g/mol. The molecule has 5 aliphatic carbocycles. The minimum atomic E-state index is -0.384. The first-order chi connectivity index (χ1) is 18.8. The Balaban J connectivity index is 1.35. The zero-order valence-corrected chi connectivity index (χ0v) is 26.6. The van der Waals surface area contributed by atoms with E-state index in [0.29, 0.717) is 35.3 Å². The minimum absolute atomic E-state index is 0.0106. The lowest BCUT2D eigenvalue weighted by Crippen LogP contribution is -2.66. The number of rotatable bonds is 5. The first kappa shape index (κ1) is 29.0. The van der Waals surface area contributed by atoms with Gasteiger partial charge in [-0.05, 0) is 135 Å². The second-order valence-electron chi connectivity index (χ2n) is 16.3. The van der Waals surface area contributed by atoms with Gasteiger partial charge in [-0.1, -0.05) is 46.8 Å². The third-order valence-electron chi connectivity index (χ3n) is 14.5. The number of carbonyl (C=O) groups excluding carboxylic acids is 1. The summed E-state index contributed by atoms with van der Waals surface area (Å²) in [4.78, 5) is 13.4. The van der Waals surface area contributed by atoms with Gasteiger partial charge < -0.3 is 14.2 Å². The number of hydrogen-bond donors (Lipinski definition) is 0. The van der Waals surface area contributed by atoms with E-state index in [4.69, 9.17) is 14.2 Å². The Labute approximate surface area is 244 Å². The highest BCUT2D eigenvalue weighted by Gasteiger charge is 2.71. The highest BCUT2D eigenvalue weighted by molar-refractivity contribution is 5.99. The number of ether oxygens (including phenoxy) is 3. The maximum Gasteiger partial charge on any atom is 0.202 e. The molecular weight excluding hydrogens is 496 g/mol. The molecule has 0 amide bonds. The van der Waals surface area contributed by atoms with Gasteiger partial charge in [0.05, 0.1) is 13.7 Å². The Morgan fingerprint density at radius 3 is 2.40 bits per heavy atom. The van der Waals surface area contributed by atoms with Gasteiger partial charge in [0, 0.05) is 12.0 Å². The molecule has 0 aromatic rings. The van der Waals surface area contributed by atoms with Crippen LogP contribution in [0, 0.1) is 56.7 Å². The van der Waals surface area contributed by atoms with Crippen molar-refractivity contribution >= 4 is 5.78 Å². The van der Waals surface area contributed by atoms with Crippen LogP contribution in [0.25, 0.3) is 0 Å². The Bertz CT molecular complexity index is 1070. The molecule has 6 rings (SSSR count). The molecular formula is C36H56O4. The van der Waals surface area contributed by atoms with Crippen LogP contribution in [0.4, 0.5) is 0 Å². The summed E-state index contributed by atoms with van der Waals surface area (Å²) in [5.41, 5.74) is 1.72. The van der Waals surface area contributed by atoms with Crippen molar-refractivity contribution in [2.24, 2.45) is 56.7 Å². The molecule has 5 fully saturated rings. The second-order valence-corrected chi connectivity index (χ2v) is 16.3. The first-order valence-electron chi connectivity index (χ1n) is 16.5. The van der Waals surface area contributed by atoms with Gasteiger partial charge >= 0.3 is 0 Å². The van der Waals surface area contributed by atoms with Crippen molar-refractivity contribution in [2.45, 2.75) is 118 Å². The standard InChI is InChI=1S/C36H56O4/c1-23(2)24-14-17-36(22-40-29-11-9-10-20-39-29)19-18-34(6)25(30(24)36)12-13-28-33(5)21-26(38-8)31(37)32(3,4)27(33)15-16-35(28,34)7/h21,24-25,27-30H,1,9-20,22H2,2-8H3/t24-,25+,27-,28+,29?,30+,33-,34+,35+,36+/m0/s1. The van der Waals surface area contributed by atoms with E-state index in [0.717, 1.165) is 32.5 Å². The molecule has 1 saturated heterocycles. The van der Waals surface area contributed by atoms with E-state index in [1.807, 2.05) is 0 Å². The molecule has 6 aliphatic rings. The van der Waals surface area contributed by atoms with Gasteiger partial charge in [-0.15, -0.1) is 0 Å². The summed E-state index contributed by atoms with van der Waals surface area (Å²) in [6, 6.07) is 0. The lowest BCUT2D eigenvalue weighted by molar-refractivity contribution is -0.236. The highest BCUT2D eigenvalue weighted by Crippen LogP contribution is 2.77. The van der Waals surface area contributed by atoms with Crippen molar-refractivity contribution in [3.63, 3.8) is 0 Å². The summed E-state index contributed by atoms with van der Waals surface area (Å²) in [6.07, 6.45) is 15.6. The molecule has 0 N–H and O–H groups in total. The predicted molar refractivity (Wildman–Crippen MR) is 159 cm³/mol. The molecule has 0 aromatic carbocycles. The lowest BCUT2D eigenvalue weighted by atomic mass is 9.33. The fourth-order valence-electron chi connectivity index (χ4n) is 12.2. The van der Waals surface area contributed by atoms with Crippen LogP contribution in [0.5, 0.6) is 0 Å². The van der Waals surface area contributed by atoms with Crippen molar-refractivity contribution in [1.82, 2.24) is 0 Å². The van der Waals surface area contributed by atoms with E-state index in [9.17, 15) is 4.79 Å². The Kier molecular flexibility index (Phi) is 7.02. The molecule has 0 radical (unpaired) electrons. The molecule has 40 heavy (non-hydrogen) atoms. The van der Waals surface area contributed by atoms with Gasteiger partial charge in [-0.3, -0.25) is 4.79 Å². The van der Waals surface area contributed by atoms with E-state index in [1.54, 1.807) is 7.11 Å². The summed E-state index contributed by atoms with van der Waals surface area (Å²) in [5, 5.41) is 0.